The molecule has 156 valence electrons. The first kappa shape index (κ1) is 20.3. The Morgan fingerprint density at radius 1 is 0.710 bits per heavy atom. The Bertz CT molecular complexity index is 1240. The largest absolute Gasteiger partial charge is 0.0920 e. The van der Waals surface area contributed by atoms with Gasteiger partial charge in [-0.1, -0.05) is 111 Å². The fourth-order valence-corrected chi connectivity index (χ4v) is 11.5. The smallest absolute Gasteiger partial charge is 0.0691 e. The number of rotatable bonds is 3. The summed E-state index contributed by atoms with van der Waals surface area (Å²) in [6.07, 6.45) is 0. The third-order valence-corrected chi connectivity index (χ3v) is 13.6. The van der Waals surface area contributed by atoms with Crippen LogP contribution < -0.4 is 0 Å². The van der Waals surface area contributed by atoms with Gasteiger partial charge < -0.3 is 0 Å². The zero-order valence-corrected chi connectivity index (χ0v) is 20.6. The number of hydrogen-bond acceptors (Lipinski definition) is 0. The minimum absolute atomic E-state index is 0.0158. The summed E-state index contributed by atoms with van der Waals surface area (Å²) in [6.45, 7) is 14.9. The molecule has 0 bridgehead atoms. The lowest BCUT2D eigenvalue weighted by Crippen LogP contribution is -2.52. The van der Waals surface area contributed by atoms with E-state index in [1.165, 1.54) is 44.5 Å². The van der Waals surface area contributed by atoms with E-state index >= 15 is 0 Å². The van der Waals surface area contributed by atoms with Crippen molar-refractivity contribution in [3.8, 4) is 0 Å². The maximum Gasteiger partial charge on any atom is 0.0920 e. The van der Waals surface area contributed by atoms with Crippen molar-refractivity contribution in [3.05, 3.63) is 112 Å². The van der Waals surface area contributed by atoms with Gasteiger partial charge in [0, 0.05) is 5.04 Å². The van der Waals surface area contributed by atoms with Crippen molar-refractivity contribution < 1.29 is 0 Å². The van der Waals surface area contributed by atoms with Crippen LogP contribution in [-0.2, 0) is 5.04 Å². The third-order valence-electron chi connectivity index (χ3n) is 8.40. The molecule has 2 aliphatic carbocycles. The van der Waals surface area contributed by atoms with Crippen LogP contribution in [0.2, 0.25) is 13.1 Å². The molecule has 0 radical (unpaired) electrons. The molecule has 0 aromatic heterocycles. The number of benzene rings is 3. The predicted molar refractivity (Wildman–Crippen MR) is 138 cm³/mol. The normalized spacial score (nSPS) is 22.7. The molecule has 0 heterocycles. The molecule has 31 heavy (non-hydrogen) atoms. The van der Waals surface area contributed by atoms with E-state index < -0.39 is 8.07 Å². The van der Waals surface area contributed by atoms with Crippen LogP contribution in [0.1, 0.15) is 61.4 Å². The lowest BCUT2D eigenvalue weighted by atomic mass is 9.91. The molecule has 1 heteroatoms. The summed E-state index contributed by atoms with van der Waals surface area (Å²) in [4.78, 5) is 0. The Hall–Kier alpha value is -2.64. The van der Waals surface area contributed by atoms with Crippen molar-refractivity contribution in [1.29, 1.82) is 0 Å². The van der Waals surface area contributed by atoms with Gasteiger partial charge in [0.1, 0.15) is 0 Å². The molecule has 0 saturated heterocycles. The summed E-state index contributed by atoms with van der Waals surface area (Å²) in [5, 5.41) is 1.73. The summed E-state index contributed by atoms with van der Waals surface area (Å²) in [7, 11) is -2.00. The Morgan fingerprint density at radius 3 is 1.97 bits per heavy atom. The lowest BCUT2D eigenvalue weighted by Gasteiger charge is -2.46. The highest BCUT2D eigenvalue weighted by Gasteiger charge is 2.55. The van der Waals surface area contributed by atoms with E-state index in [0.717, 1.165) is 0 Å². The van der Waals surface area contributed by atoms with E-state index in [4.69, 9.17) is 0 Å². The van der Waals surface area contributed by atoms with E-state index in [1.54, 1.807) is 5.20 Å². The molecule has 5 rings (SSSR count). The number of allylic oxidation sites excluding steroid dienone is 4. The first-order valence-corrected chi connectivity index (χ1v) is 14.5. The van der Waals surface area contributed by atoms with E-state index in [1.807, 2.05) is 0 Å². The van der Waals surface area contributed by atoms with E-state index in [0.29, 0.717) is 5.92 Å². The van der Waals surface area contributed by atoms with E-state index in [9.17, 15) is 0 Å². The highest BCUT2D eigenvalue weighted by molar-refractivity contribution is 6.90. The number of fused-ring (bicyclic) bond motifs is 2. The second kappa shape index (κ2) is 6.93. The highest BCUT2D eigenvalue weighted by Crippen LogP contribution is 2.60. The van der Waals surface area contributed by atoms with Gasteiger partial charge in [-0.05, 0) is 64.3 Å². The summed E-state index contributed by atoms with van der Waals surface area (Å²) in [5.74, 6) is 0.486. The second-order valence-corrected chi connectivity index (χ2v) is 14.8. The monoisotopic (exact) mass is 420 g/mol. The average Bonchev–Trinajstić information content (AvgIpc) is 3.18. The minimum Gasteiger partial charge on any atom is -0.0691 e. The van der Waals surface area contributed by atoms with Crippen molar-refractivity contribution in [2.45, 2.75) is 51.7 Å². The van der Waals surface area contributed by atoms with Crippen molar-refractivity contribution in [2.75, 3.05) is 0 Å². The van der Waals surface area contributed by atoms with Crippen LogP contribution in [-0.4, -0.2) is 8.07 Å². The predicted octanol–water partition coefficient (Wildman–Crippen LogP) is 8.27. The fourth-order valence-electron chi connectivity index (χ4n) is 6.77. The standard InChI is InChI=1S/C30H32Si/c1-20-26-18-12-13-19-27(26)30(4,28(20)23-14-8-7-9-15-23)31(5,6)29-21(2)24-16-10-11-17-25(24)22(29)3/h7-19,21H,1-6H3. The molecule has 0 N–H and O–H groups in total. The molecule has 3 aromatic carbocycles. The molecule has 2 unspecified atom stereocenters. The Morgan fingerprint density at radius 2 is 1.29 bits per heavy atom. The molecular weight excluding hydrogens is 388 g/mol. The van der Waals surface area contributed by atoms with Crippen LogP contribution in [0, 0.1) is 0 Å². The highest BCUT2D eigenvalue weighted by atomic mass is 28.3. The van der Waals surface area contributed by atoms with Gasteiger partial charge in [-0.25, -0.2) is 0 Å². The molecular formula is C30H32Si. The lowest BCUT2D eigenvalue weighted by molar-refractivity contribution is 0.829. The quantitative estimate of drug-likeness (QED) is 0.374. The molecule has 0 fully saturated rings. The number of hydrogen-bond donors (Lipinski definition) is 0. The minimum atomic E-state index is -2.00. The zero-order chi connectivity index (χ0) is 22.0. The first-order valence-electron chi connectivity index (χ1n) is 11.5. The fraction of sp³-hybridized carbons (Fsp3) is 0.267. The SMILES string of the molecule is CC1=C([Si](C)(C)C2(C)C(c3ccccc3)=C(C)c3ccccc32)C(C)c2ccccc21. The average molecular weight is 421 g/mol. The van der Waals surface area contributed by atoms with Crippen molar-refractivity contribution in [3.63, 3.8) is 0 Å². The molecule has 0 amide bonds. The maximum atomic E-state index is 2.62. The van der Waals surface area contributed by atoms with Gasteiger partial charge in [-0.2, -0.15) is 0 Å². The molecule has 0 saturated carbocycles. The maximum absolute atomic E-state index is 2.62. The van der Waals surface area contributed by atoms with Crippen LogP contribution in [0.15, 0.2) is 84.1 Å². The molecule has 0 aliphatic heterocycles. The van der Waals surface area contributed by atoms with Gasteiger partial charge in [0.05, 0.1) is 8.07 Å². The van der Waals surface area contributed by atoms with Gasteiger partial charge in [0.15, 0.2) is 0 Å². The Labute approximate surface area is 188 Å². The van der Waals surface area contributed by atoms with Crippen LogP contribution in [0.3, 0.4) is 0 Å². The van der Waals surface area contributed by atoms with Crippen LogP contribution in [0.5, 0.6) is 0 Å². The van der Waals surface area contributed by atoms with Gasteiger partial charge in [0.2, 0.25) is 0 Å². The topological polar surface area (TPSA) is 0 Å². The molecule has 0 spiro atoms. The van der Waals surface area contributed by atoms with Crippen molar-refractivity contribution in [2.24, 2.45) is 0 Å². The Kier molecular flexibility index (Phi) is 4.53. The van der Waals surface area contributed by atoms with Crippen LogP contribution >= 0.6 is 0 Å². The zero-order valence-electron chi connectivity index (χ0n) is 19.6. The third kappa shape index (κ3) is 2.59. The molecule has 2 atom stereocenters. The van der Waals surface area contributed by atoms with Gasteiger partial charge in [-0.15, -0.1) is 0 Å². The van der Waals surface area contributed by atoms with E-state index in [2.05, 4.69) is 120 Å². The first-order chi connectivity index (χ1) is 14.8. The van der Waals surface area contributed by atoms with Crippen molar-refractivity contribution >= 4 is 24.8 Å². The molecule has 3 aromatic rings. The summed E-state index contributed by atoms with van der Waals surface area (Å²) < 4.78 is 0. The van der Waals surface area contributed by atoms with Crippen LogP contribution in [0.25, 0.3) is 16.7 Å². The van der Waals surface area contributed by atoms with Gasteiger partial charge >= 0.3 is 0 Å². The van der Waals surface area contributed by atoms with Gasteiger partial charge in [0.25, 0.3) is 0 Å². The molecule has 0 nitrogen and oxygen atoms in total. The summed E-state index contributed by atoms with van der Waals surface area (Å²) >= 11 is 0. The van der Waals surface area contributed by atoms with Gasteiger partial charge in [-0.3, -0.25) is 0 Å². The Balaban J connectivity index is 1.79. The van der Waals surface area contributed by atoms with Crippen molar-refractivity contribution in [1.82, 2.24) is 0 Å². The second-order valence-electron chi connectivity index (χ2n) is 10.0. The summed E-state index contributed by atoms with van der Waals surface area (Å²) in [6, 6.07) is 29.3. The summed E-state index contributed by atoms with van der Waals surface area (Å²) in [5.41, 5.74) is 11.8. The van der Waals surface area contributed by atoms with Crippen LogP contribution in [0.4, 0.5) is 0 Å². The van der Waals surface area contributed by atoms with E-state index in [-0.39, 0.29) is 5.04 Å². The molecule has 2 aliphatic rings.